The Morgan fingerprint density at radius 3 is 1.85 bits per heavy atom. The van der Waals surface area contributed by atoms with Crippen molar-refractivity contribution in [3.05, 3.63) is 59.7 Å². The van der Waals surface area contributed by atoms with Crippen molar-refractivity contribution in [2.24, 2.45) is 5.92 Å². The SMILES string of the molecule is CCCCCCCCCCCCOc1ccc(C(=O)Oc2ccc(C[C@H](C)CC)cc2)cc1. The predicted octanol–water partition coefficient (Wildman–Crippen LogP) is 8.79. The topological polar surface area (TPSA) is 35.5 Å². The van der Waals surface area contributed by atoms with Crippen LogP contribution in [0.1, 0.15) is 107 Å². The molecule has 0 heterocycles. The van der Waals surface area contributed by atoms with Crippen LogP contribution in [-0.4, -0.2) is 12.6 Å². The Morgan fingerprint density at radius 2 is 1.27 bits per heavy atom. The molecule has 0 amide bonds. The van der Waals surface area contributed by atoms with E-state index < -0.39 is 0 Å². The van der Waals surface area contributed by atoms with E-state index in [4.69, 9.17) is 9.47 Å². The molecule has 0 saturated heterocycles. The van der Waals surface area contributed by atoms with E-state index in [0.717, 1.165) is 31.6 Å². The molecule has 0 saturated carbocycles. The third kappa shape index (κ3) is 11.4. The Morgan fingerprint density at radius 1 is 0.727 bits per heavy atom. The number of carbonyl (C=O) groups is 1. The van der Waals surface area contributed by atoms with Gasteiger partial charge in [0.1, 0.15) is 11.5 Å². The van der Waals surface area contributed by atoms with Crippen molar-refractivity contribution in [2.75, 3.05) is 6.61 Å². The second kappa shape index (κ2) is 16.3. The smallest absolute Gasteiger partial charge is 0.343 e. The summed E-state index contributed by atoms with van der Waals surface area (Å²) in [6, 6.07) is 15.1. The zero-order valence-corrected chi connectivity index (χ0v) is 21.1. The number of hydrogen-bond acceptors (Lipinski definition) is 3. The summed E-state index contributed by atoms with van der Waals surface area (Å²) in [5.41, 5.74) is 1.80. The Labute approximate surface area is 201 Å². The Kier molecular flexibility index (Phi) is 13.4. The molecule has 0 N–H and O–H groups in total. The lowest BCUT2D eigenvalue weighted by molar-refractivity contribution is 0.0734. The molecule has 0 fully saturated rings. The highest BCUT2D eigenvalue weighted by Gasteiger charge is 2.09. The van der Waals surface area contributed by atoms with Crippen LogP contribution in [-0.2, 0) is 6.42 Å². The fraction of sp³-hybridized carbons (Fsp3) is 0.567. The fourth-order valence-corrected chi connectivity index (χ4v) is 3.87. The van der Waals surface area contributed by atoms with Crippen molar-refractivity contribution in [3.63, 3.8) is 0 Å². The molecule has 1 atom stereocenters. The highest BCUT2D eigenvalue weighted by molar-refractivity contribution is 5.91. The summed E-state index contributed by atoms with van der Waals surface area (Å²) in [6.07, 6.45) is 15.4. The van der Waals surface area contributed by atoms with E-state index >= 15 is 0 Å². The maximum atomic E-state index is 12.4. The van der Waals surface area contributed by atoms with E-state index in [2.05, 4.69) is 20.8 Å². The lowest BCUT2D eigenvalue weighted by atomic mass is 9.99. The molecule has 0 aliphatic rings. The summed E-state index contributed by atoms with van der Waals surface area (Å²) in [7, 11) is 0. The molecule has 2 rings (SSSR count). The van der Waals surface area contributed by atoms with Gasteiger partial charge in [0.15, 0.2) is 0 Å². The molecule has 0 aliphatic heterocycles. The molecule has 3 heteroatoms. The molecule has 33 heavy (non-hydrogen) atoms. The first-order chi connectivity index (χ1) is 16.1. The van der Waals surface area contributed by atoms with Crippen LogP contribution < -0.4 is 9.47 Å². The lowest BCUT2D eigenvalue weighted by Gasteiger charge is -2.10. The van der Waals surface area contributed by atoms with E-state index in [-0.39, 0.29) is 5.97 Å². The van der Waals surface area contributed by atoms with Crippen LogP contribution in [0.15, 0.2) is 48.5 Å². The molecule has 2 aromatic rings. The Hall–Kier alpha value is -2.29. The van der Waals surface area contributed by atoms with Crippen LogP contribution in [0, 0.1) is 5.92 Å². The van der Waals surface area contributed by atoms with Gasteiger partial charge in [-0.25, -0.2) is 4.79 Å². The van der Waals surface area contributed by atoms with Crippen LogP contribution in [0.25, 0.3) is 0 Å². The fourth-order valence-electron chi connectivity index (χ4n) is 3.87. The molecule has 0 radical (unpaired) electrons. The van der Waals surface area contributed by atoms with Gasteiger partial charge in [0.05, 0.1) is 12.2 Å². The summed E-state index contributed by atoms with van der Waals surface area (Å²) in [5.74, 6) is 1.70. The van der Waals surface area contributed by atoms with Gasteiger partial charge < -0.3 is 9.47 Å². The molecule has 0 unspecified atom stereocenters. The third-order valence-corrected chi connectivity index (χ3v) is 6.27. The highest BCUT2D eigenvalue weighted by atomic mass is 16.5. The standard InChI is InChI=1S/C30H44O3/c1-4-6-7-8-9-10-11-12-13-14-23-32-28-21-17-27(18-22-28)30(31)33-29-19-15-26(16-20-29)24-25(3)5-2/h15-22,25H,4-14,23-24H2,1-3H3/t25-/m1/s1. The largest absolute Gasteiger partial charge is 0.494 e. The van der Waals surface area contributed by atoms with Crippen LogP contribution in [0.4, 0.5) is 0 Å². The predicted molar refractivity (Wildman–Crippen MR) is 138 cm³/mol. The van der Waals surface area contributed by atoms with Crippen molar-refractivity contribution < 1.29 is 14.3 Å². The van der Waals surface area contributed by atoms with E-state index in [1.54, 1.807) is 12.1 Å². The van der Waals surface area contributed by atoms with E-state index in [1.165, 1.54) is 63.4 Å². The zero-order valence-electron chi connectivity index (χ0n) is 21.1. The number of rotatable bonds is 17. The normalized spacial score (nSPS) is 11.8. The first-order valence-corrected chi connectivity index (χ1v) is 13.2. The van der Waals surface area contributed by atoms with Crippen LogP contribution >= 0.6 is 0 Å². The maximum absolute atomic E-state index is 12.4. The summed E-state index contributed by atoms with van der Waals surface area (Å²) in [5, 5.41) is 0. The van der Waals surface area contributed by atoms with E-state index in [0.29, 0.717) is 17.2 Å². The minimum absolute atomic E-state index is 0.342. The number of ether oxygens (including phenoxy) is 2. The quantitative estimate of drug-likeness (QED) is 0.137. The van der Waals surface area contributed by atoms with E-state index in [1.807, 2.05) is 36.4 Å². The van der Waals surface area contributed by atoms with Crippen LogP contribution in [0.5, 0.6) is 11.5 Å². The van der Waals surface area contributed by atoms with Crippen LogP contribution in [0.2, 0.25) is 0 Å². The molecular weight excluding hydrogens is 408 g/mol. The number of hydrogen-bond donors (Lipinski definition) is 0. The monoisotopic (exact) mass is 452 g/mol. The molecule has 0 spiro atoms. The van der Waals surface area contributed by atoms with Gasteiger partial charge in [0, 0.05) is 0 Å². The maximum Gasteiger partial charge on any atom is 0.343 e. The van der Waals surface area contributed by atoms with Gasteiger partial charge >= 0.3 is 5.97 Å². The van der Waals surface area contributed by atoms with Crippen molar-refractivity contribution in [1.82, 2.24) is 0 Å². The Bertz CT molecular complexity index is 764. The van der Waals surface area contributed by atoms with Gasteiger partial charge in [-0.05, 0) is 60.7 Å². The summed E-state index contributed by atoms with van der Waals surface area (Å²) >= 11 is 0. The van der Waals surface area contributed by atoms with Gasteiger partial charge in [0.2, 0.25) is 0 Å². The second-order valence-electron chi connectivity index (χ2n) is 9.31. The molecule has 3 nitrogen and oxygen atoms in total. The summed E-state index contributed by atoms with van der Waals surface area (Å²) < 4.78 is 11.4. The van der Waals surface area contributed by atoms with Gasteiger partial charge in [-0.3, -0.25) is 0 Å². The third-order valence-electron chi connectivity index (χ3n) is 6.27. The molecule has 2 aromatic carbocycles. The average molecular weight is 453 g/mol. The number of unbranched alkanes of at least 4 members (excludes halogenated alkanes) is 9. The van der Waals surface area contributed by atoms with Crippen molar-refractivity contribution >= 4 is 5.97 Å². The molecule has 0 aliphatic carbocycles. The second-order valence-corrected chi connectivity index (χ2v) is 9.31. The first kappa shape index (κ1) is 27.0. The van der Waals surface area contributed by atoms with Crippen LogP contribution in [0.3, 0.4) is 0 Å². The minimum Gasteiger partial charge on any atom is -0.494 e. The number of carbonyl (C=O) groups excluding carboxylic acids is 1. The van der Waals surface area contributed by atoms with Gasteiger partial charge in [-0.2, -0.15) is 0 Å². The zero-order chi connectivity index (χ0) is 23.7. The minimum atomic E-state index is -0.342. The number of esters is 1. The van der Waals surface area contributed by atoms with Gasteiger partial charge in [0.25, 0.3) is 0 Å². The summed E-state index contributed by atoms with van der Waals surface area (Å²) in [6.45, 7) is 7.44. The highest BCUT2D eigenvalue weighted by Crippen LogP contribution is 2.19. The van der Waals surface area contributed by atoms with Crippen molar-refractivity contribution in [1.29, 1.82) is 0 Å². The van der Waals surface area contributed by atoms with Gasteiger partial charge in [-0.1, -0.05) is 97.1 Å². The lowest BCUT2D eigenvalue weighted by Crippen LogP contribution is -2.08. The van der Waals surface area contributed by atoms with Crippen molar-refractivity contribution in [3.8, 4) is 11.5 Å². The van der Waals surface area contributed by atoms with E-state index in [9.17, 15) is 4.79 Å². The first-order valence-electron chi connectivity index (χ1n) is 13.2. The molecule has 0 aromatic heterocycles. The summed E-state index contributed by atoms with van der Waals surface area (Å²) in [4.78, 5) is 12.4. The van der Waals surface area contributed by atoms with Crippen molar-refractivity contribution in [2.45, 2.75) is 97.8 Å². The Balaban J connectivity index is 1.61. The average Bonchev–Trinajstić information content (AvgIpc) is 2.84. The molecule has 182 valence electrons. The number of benzene rings is 2. The van der Waals surface area contributed by atoms with Gasteiger partial charge in [-0.15, -0.1) is 0 Å². The molecular formula is C30H44O3. The molecule has 0 bridgehead atoms.